The van der Waals surface area contributed by atoms with E-state index in [0.717, 1.165) is 16.6 Å². The van der Waals surface area contributed by atoms with Crippen LogP contribution in [0.25, 0.3) is 16.8 Å². The monoisotopic (exact) mass is 500 g/mol. The Hall–Kier alpha value is -3.82. The summed E-state index contributed by atoms with van der Waals surface area (Å²) in [6.07, 6.45) is 5.47. The first kappa shape index (κ1) is 19.6. The molecule has 34 heavy (non-hydrogen) atoms. The molecule has 2 nitrogen and oxygen atoms in total. The van der Waals surface area contributed by atoms with Crippen molar-refractivity contribution in [2.45, 2.75) is 6.42 Å². The van der Waals surface area contributed by atoms with E-state index < -0.39 is 0 Å². The maximum absolute atomic E-state index is 3.75. The van der Waals surface area contributed by atoms with Gasteiger partial charge in [0.2, 0.25) is 0 Å². The lowest BCUT2D eigenvalue weighted by molar-refractivity contribution is 1.14. The molecule has 0 bridgehead atoms. The molecule has 5 aromatic carbocycles. The molecule has 162 valence electrons. The summed E-state index contributed by atoms with van der Waals surface area (Å²) in [5, 5.41) is 2.64. The first-order valence-electron chi connectivity index (χ1n) is 11.5. The second kappa shape index (κ2) is 7.61. The van der Waals surface area contributed by atoms with Gasteiger partial charge in [0, 0.05) is 15.8 Å². The van der Waals surface area contributed by atoms with Crippen molar-refractivity contribution in [1.82, 2.24) is 0 Å². The Morgan fingerprint density at radius 3 is 2.12 bits per heavy atom. The van der Waals surface area contributed by atoms with E-state index in [1.807, 2.05) is 0 Å². The summed E-state index contributed by atoms with van der Waals surface area (Å²) in [5.74, 6) is 0. The van der Waals surface area contributed by atoms with Crippen LogP contribution in [0.15, 0.2) is 114 Å². The molecule has 5 aromatic rings. The van der Waals surface area contributed by atoms with Crippen LogP contribution in [0.1, 0.15) is 11.1 Å². The summed E-state index contributed by atoms with van der Waals surface area (Å²) in [4.78, 5) is 4.86. The van der Waals surface area contributed by atoms with E-state index in [4.69, 9.17) is 0 Å². The van der Waals surface area contributed by atoms with Crippen LogP contribution in [-0.2, 0) is 6.42 Å². The largest absolute Gasteiger partial charge is 0.306 e. The molecule has 0 unspecified atom stereocenters. The van der Waals surface area contributed by atoms with Crippen molar-refractivity contribution in [3.63, 3.8) is 0 Å². The minimum absolute atomic E-state index is 0.909. The van der Waals surface area contributed by atoms with E-state index in [9.17, 15) is 0 Å². The molecule has 0 aromatic heterocycles. The number of benzene rings is 5. The van der Waals surface area contributed by atoms with Crippen LogP contribution in [0.5, 0.6) is 0 Å². The molecule has 2 aliphatic rings. The van der Waals surface area contributed by atoms with Gasteiger partial charge in [-0.05, 0) is 76.9 Å². The van der Waals surface area contributed by atoms with Crippen LogP contribution in [-0.4, -0.2) is 0 Å². The van der Waals surface area contributed by atoms with Crippen molar-refractivity contribution in [3.05, 3.63) is 125 Å². The van der Waals surface area contributed by atoms with Crippen LogP contribution < -0.4 is 9.80 Å². The maximum Gasteiger partial charge on any atom is 0.0745 e. The first-order valence-corrected chi connectivity index (χ1v) is 12.3. The standard InChI is InChI=1S/C31H21BrN2/c32-23-17-18-27-28(20-23)34(25-14-5-2-6-15-25)31-26-16-8-10-21-9-7-11-22(30(21)26)19-29(31)33(27)24-12-3-1-4-13-24/h1-15,17-20H,16H2. The molecular weight excluding hydrogens is 480 g/mol. The molecule has 7 rings (SSSR count). The summed E-state index contributed by atoms with van der Waals surface area (Å²) in [6, 6.07) is 37.0. The quantitative estimate of drug-likeness (QED) is 0.233. The van der Waals surface area contributed by atoms with Crippen molar-refractivity contribution in [2.75, 3.05) is 9.80 Å². The number of allylic oxidation sites excluding steroid dienone is 1. The van der Waals surface area contributed by atoms with E-state index in [2.05, 4.69) is 141 Å². The van der Waals surface area contributed by atoms with Gasteiger partial charge in [0.1, 0.15) is 0 Å². The van der Waals surface area contributed by atoms with Crippen LogP contribution in [0.3, 0.4) is 0 Å². The Kier molecular flexibility index (Phi) is 4.39. The van der Waals surface area contributed by atoms with Gasteiger partial charge < -0.3 is 9.80 Å². The van der Waals surface area contributed by atoms with Crippen LogP contribution in [0.4, 0.5) is 34.1 Å². The Labute approximate surface area is 207 Å². The van der Waals surface area contributed by atoms with Gasteiger partial charge in [-0.25, -0.2) is 0 Å². The molecule has 0 N–H and O–H groups in total. The number of fused-ring (bicyclic) bond motifs is 3. The van der Waals surface area contributed by atoms with Gasteiger partial charge in [-0.15, -0.1) is 0 Å². The van der Waals surface area contributed by atoms with E-state index in [1.54, 1.807) is 0 Å². The third-order valence-electron chi connectivity index (χ3n) is 6.78. The van der Waals surface area contributed by atoms with Crippen LogP contribution >= 0.6 is 15.9 Å². The van der Waals surface area contributed by atoms with Crippen molar-refractivity contribution in [3.8, 4) is 0 Å². The molecule has 1 aliphatic heterocycles. The molecule has 0 saturated heterocycles. The average Bonchev–Trinajstić information content (AvgIpc) is 2.89. The second-order valence-electron chi connectivity index (χ2n) is 8.75. The predicted octanol–water partition coefficient (Wildman–Crippen LogP) is 9.42. The van der Waals surface area contributed by atoms with Gasteiger partial charge >= 0.3 is 0 Å². The lowest BCUT2D eigenvalue weighted by atomic mass is 9.88. The number of hydrogen-bond donors (Lipinski definition) is 0. The van der Waals surface area contributed by atoms with E-state index in [0.29, 0.717) is 0 Å². The highest BCUT2D eigenvalue weighted by Crippen LogP contribution is 2.57. The Balaban J connectivity index is 1.65. The molecule has 3 heteroatoms. The van der Waals surface area contributed by atoms with Gasteiger partial charge in [-0.2, -0.15) is 0 Å². The van der Waals surface area contributed by atoms with Crippen molar-refractivity contribution in [2.24, 2.45) is 0 Å². The van der Waals surface area contributed by atoms with Crippen molar-refractivity contribution in [1.29, 1.82) is 0 Å². The predicted molar refractivity (Wildman–Crippen MR) is 147 cm³/mol. The summed E-state index contributed by atoms with van der Waals surface area (Å²) in [6.45, 7) is 0. The summed E-state index contributed by atoms with van der Waals surface area (Å²) < 4.78 is 1.07. The maximum atomic E-state index is 3.75. The van der Waals surface area contributed by atoms with Crippen LogP contribution in [0, 0.1) is 0 Å². The number of halogens is 1. The molecule has 0 radical (unpaired) electrons. The fourth-order valence-corrected chi connectivity index (χ4v) is 5.77. The first-order chi connectivity index (χ1) is 16.8. The van der Waals surface area contributed by atoms with Crippen molar-refractivity contribution < 1.29 is 0 Å². The van der Waals surface area contributed by atoms with Gasteiger partial charge in [-0.1, -0.05) is 82.7 Å². The normalized spacial score (nSPS) is 13.7. The fraction of sp³-hybridized carbons (Fsp3) is 0.0323. The highest BCUT2D eigenvalue weighted by atomic mass is 79.9. The van der Waals surface area contributed by atoms with Crippen LogP contribution in [0.2, 0.25) is 0 Å². The minimum Gasteiger partial charge on any atom is -0.306 e. The van der Waals surface area contributed by atoms with E-state index >= 15 is 0 Å². The summed E-state index contributed by atoms with van der Waals surface area (Å²) >= 11 is 3.75. The van der Waals surface area contributed by atoms with E-state index in [-0.39, 0.29) is 0 Å². The Bertz CT molecular complexity index is 1590. The van der Waals surface area contributed by atoms with Gasteiger partial charge in [0.15, 0.2) is 0 Å². The van der Waals surface area contributed by atoms with Gasteiger partial charge in [0.25, 0.3) is 0 Å². The zero-order valence-corrected chi connectivity index (χ0v) is 20.0. The minimum atomic E-state index is 0.909. The third kappa shape index (κ3) is 2.87. The van der Waals surface area contributed by atoms with Gasteiger partial charge in [-0.3, -0.25) is 0 Å². The number of para-hydroxylation sites is 2. The average molecular weight is 501 g/mol. The number of hydrogen-bond acceptors (Lipinski definition) is 2. The molecule has 0 amide bonds. The second-order valence-corrected chi connectivity index (χ2v) is 9.67. The molecule has 0 saturated carbocycles. The van der Waals surface area contributed by atoms with Crippen molar-refractivity contribution >= 4 is 66.9 Å². The highest BCUT2D eigenvalue weighted by molar-refractivity contribution is 9.10. The Morgan fingerprint density at radius 1 is 0.618 bits per heavy atom. The van der Waals surface area contributed by atoms with Gasteiger partial charge in [0.05, 0.1) is 22.7 Å². The SMILES string of the molecule is Brc1ccc2c(c1)N(c1ccccc1)c1c(cc3cccc4c3c1CC=C4)N2c1ccccc1. The molecule has 0 spiro atoms. The lowest BCUT2D eigenvalue weighted by Gasteiger charge is -2.42. The Morgan fingerprint density at radius 2 is 1.35 bits per heavy atom. The number of anilines is 6. The third-order valence-corrected chi connectivity index (χ3v) is 7.28. The topological polar surface area (TPSA) is 6.48 Å². The molecule has 0 fully saturated rings. The molecule has 1 aliphatic carbocycles. The fourth-order valence-electron chi connectivity index (χ4n) is 5.42. The molecule has 0 atom stereocenters. The zero-order chi connectivity index (χ0) is 22.6. The number of rotatable bonds is 2. The summed E-state index contributed by atoms with van der Waals surface area (Å²) in [5.41, 5.74) is 9.79. The summed E-state index contributed by atoms with van der Waals surface area (Å²) in [7, 11) is 0. The lowest BCUT2D eigenvalue weighted by Crippen LogP contribution is -2.25. The number of nitrogens with zero attached hydrogens (tertiary/aromatic N) is 2. The molecular formula is C31H21BrN2. The molecule has 1 heterocycles. The van der Waals surface area contributed by atoms with E-state index in [1.165, 1.54) is 50.3 Å². The smallest absolute Gasteiger partial charge is 0.0745 e. The zero-order valence-electron chi connectivity index (χ0n) is 18.4. The highest BCUT2D eigenvalue weighted by Gasteiger charge is 2.34.